The first-order valence-electron chi connectivity index (χ1n) is 10.8. The van der Waals surface area contributed by atoms with Crippen LogP contribution in [-0.2, 0) is 0 Å². The molecule has 0 heterocycles. The molecular formula is C28H20Cl4N2O. The van der Waals surface area contributed by atoms with Crippen molar-refractivity contribution in [1.29, 1.82) is 0 Å². The van der Waals surface area contributed by atoms with Crippen molar-refractivity contribution < 1.29 is 4.79 Å². The fraction of sp³-hybridized carbons (Fsp3) is 0.0714. The monoisotopic (exact) mass is 540 g/mol. The highest BCUT2D eigenvalue weighted by molar-refractivity contribution is 6.34. The highest BCUT2D eigenvalue weighted by Crippen LogP contribution is 2.39. The predicted molar refractivity (Wildman–Crippen MR) is 146 cm³/mol. The van der Waals surface area contributed by atoms with Gasteiger partial charge in [0.15, 0.2) is 0 Å². The molecule has 0 fully saturated rings. The van der Waals surface area contributed by atoms with Crippen LogP contribution in [0.1, 0.15) is 39.1 Å². The minimum absolute atomic E-state index is 0.344. The summed E-state index contributed by atoms with van der Waals surface area (Å²) in [7, 11) is 0. The SMILES string of the molecule is O=C(NC(c1ccccc1Cl)C(/N=C\c1ccccc1Cl)c1ccccc1Cl)c1ccccc1Cl. The number of nitrogens with zero attached hydrogens (tertiary/aromatic N) is 1. The molecule has 0 saturated heterocycles. The highest BCUT2D eigenvalue weighted by Gasteiger charge is 2.30. The zero-order valence-corrected chi connectivity index (χ0v) is 21.4. The van der Waals surface area contributed by atoms with Gasteiger partial charge in [0.1, 0.15) is 6.04 Å². The van der Waals surface area contributed by atoms with Crippen molar-refractivity contribution in [2.75, 3.05) is 0 Å². The summed E-state index contributed by atoms with van der Waals surface area (Å²) in [4.78, 5) is 18.2. The van der Waals surface area contributed by atoms with Crippen LogP contribution in [0.25, 0.3) is 0 Å². The molecule has 1 N–H and O–H groups in total. The standard InChI is InChI=1S/C28H20Cl4N2O/c29-22-13-5-1-9-18(22)17-33-26(19-10-2-6-14-23(19)30)27(20-11-3-7-15-24(20)31)34-28(35)21-12-4-8-16-25(21)32/h1-17,26-27H,(H,34,35)/b33-17-. The van der Waals surface area contributed by atoms with E-state index in [1.54, 1.807) is 48.7 Å². The molecule has 0 saturated carbocycles. The number of halogens is 4. The van der Waals surface area contributed by atoms with Gasteiger partial charge in [0.2, 0.25) is 0 Å². The van der Waals surface area contributed by atoms with E-state index < -0.39 is 12.1 Å². The number of carbonyl (C=O) groups is 1. The third-order valence-corrected chi connectivity index (χ3v) is 6.83. The largest absolute Gasteiger partial charge is 0.343 e. The van der Waals surface area contributed by atoms with E-state index in [2.05, 4.69) is 5.32 Å². The normalized spacial score (nSPS) is 12.9. The Labute approximate surface area is 224 Å². The summed E-state index contributed by atoms with van der Waals surface area (Å²) in [6, 6.07) is 27.7. The van der Waals surface area contributed by atoms with E-state index in [1.165, 1.54) is 0 Å². The van der Waals surface area contributed by atoms with Crippen LogP contribution in [0.4, 0.5) is 0 Å². The quantitative estimate of drug-likeness (QED) is 0.234. The van der Waals surface area contributed by atoms with Crippen LogP contribution < -0.4 is 5.32 Å². The Morgan fingerprint density at radius 2 is 1.17 bits per heavy atom. The molecule has 0 aliphatic rings. The van der Waals surface area contributed by atoms with Gasteiger partial charge in [0.05, 0.1) is 16.6 Å². The smallest absolute Gasteiger partial charge is 0.253 e. The van der Waals surface area contributed by atoms with Crippen molar-refractivity contribution in [2.24, 2.45) is 4.99 Å². The van der Waals surface area contributed by atoms with Gasteiger partial charge < -0.3 is 5.32 Å². The molecule has 4 aromatic carbocycles. The number of aliphatic imine (C=N–C) groups is 1. The third-order valence-electron chi connectivity index (χ3n) is 5.46. The maximum Gasteiger partial charge on any atom is 0.253 e. The van der Waals surface area contributed by atoms with Crippen LogP contribution in [0.5, 0.6) is 0 Å². The number of rotatable bonds is 7. The maximum atomic E-state index is 13.4. The first-order chi connectivity index (χ1) is 17.0. The van der Waals surface area contributed by atoms with Crippen molar-refractivity contribution in [3.05, 3.63) is 139 Å². The molecule has 0 radical (unpaired) electrons. The zero-order chi connectivity index (χ0) is 24.8. The molecule has 0 bridgehead atoms. The van der Waals surface area contributed by atoms with E-state index in [-0.39, 0.29) is 5.91 Å². The van der Waals surface area contributed by atoms with E-state index in [9.17, 15) is 4.79 Å². The fourth-order valence-corrected chi connectivity index (χ4v) is 4.63. The van der Waals surface area contributed by atoms with E-state index in [0.29, 0.717) is 31.2 Å². The highest BCUT2D eigenvalue weighted by atomic mass is 35.5. The van der Waals surface area contributed by atoms with Crippen LogP contribution >= 0.6 is 46.4 Å². The molecule has 2 atom stereocenters. The molecule has 1 amide bonds. The van der Waals surface area contributed by atoms with E-state index >= 15 is 0 Å². The lowest BCUT2D eigenvalue weighted by Crippen LogP contribution is -2.32. The number of benzene rings is 4. The second-order valence-corrected chi connectivity index (χ2v) is 9.35. The zero-order valence-electron chi connectivity index (χ0n) is 18.3. The summed E-state index contributed by atoms with van der Waals surface area (Å²) in [5.74, 6) is -0.356. The molecule has 0 aliphatic carbocycles. The third kappa shape index (κ3) is 6.06. The van der Waals surface area contributed by atoms with Gasteiger partial charge in [-0.3, -0.25) is 9.79 Å². The summed E-state index contributed by atoms with van der Waals surface area (Å²) in [6.45, 7) is 0. The molecule has 0 spiro atoms. The first kappa shape index (κ1) is 25.3. The Hall–Kier alpha value is -2.82. The summed E-state index contributed by atoms with van der Waals surface area (Å²) in [6.07, 6.45) is 1.68. The predicted octanol–water partition coefficient (Wildman–Crippen LogP) is 8.63. The lowest BCUT2D eigenvalue weighted by Gasteiger charge is -2.28. The van der Waals surface area contributed by atoms with Crippen molar-refractivity contribution in [3.8, 4) is 0 Å². The number of hydrogen-bond donors (Lipinski definition) is 1. The van der Waals surface area contributed by atoms with Crippen LogP contribution in [0.2, 0.25) is 20.1 Å². The Bertz CT molecular complexity index is 1370. The lowest BCUT2D eigenvalue weighted by molar-refractivity contribution is 0.0931. The first-order valence-corrected chi connectivity index (χ1v) is 12.3. The second kappa shape index (κ2) is 11.7. The summed E-state index contributed by atoms with van der Waals surface area (Å²) < 4.78 is 0. The number of nitrogens with one attached hydrogen (secondary N) is 1. The van der Waals surface area contributed by atoms with Crippen molar-refractivity contribution in [3.63, 3.8) is 0 Å². The van der Waals surface area contributed by atoms with Crippen molar-refractivity contribution >= 4 is 58.5 Å². The average molecular weight is 542 g/mol. The van der Waals surface area contributed by atoms with Gasteiger partial charge in [-0.05, 0) is 41.5 Å². The van der Waals surface area contributed by atoms with Crippen molar-refractivity contribution in [1.82, 2.24) is 5.32 Å². The van der Waals surface area contributed by atoms with Crippen molar-refractivity contribution in [2.45, 2.75) is 12.1 Å². The van der Waals surface area contributed by atoms with Crippen LogP contribution in [0.3, 0.4) is 0 Å². The molecule has 4 rings (SSSR count). The molecule has 7 heteroatoms. The van der Waals surface area contributed by atoms with Crippen LogP contribution in [-0.4, -0.2) is 12.1 Å². The summed E-state index contributed by atoms with van der Waals surface area (Å²) in [5.41, 5.74) is 2.50. The Balaban J connectivity index is 1.85. The fourth-order valence-electron chi connectivity index (χ4n) is 3.72. The van der Waals surface area contributed by atoms with Gasteiger partial charge in [-0.2, -0.15) is 0 Å². The minimum Gasteiger partial charge on any atom is -0.343 e. The van der Waals surface area contributed by atoms with Gasteiger partial charge >= 0.3 is 0 Å². The van der Waals surface area contributed by atoms with Gasteiger partial charge in [0.25, 0.3) is 5.91 Å². The molecular weight excluding hydrogens is 522 g/mol. The van der Waals surface area contributed by atoms with E-state index in [1.807, 2.05) is 54.6 Å². The molecule has 3 nitrogen and oxygen atoms in total. The van der Waals surface area contributed by atoms with Gasteiger partial charge in [0, 0.05) is 26.8 Å². The van der Waals surface area contributed by atoms with Crippen LogP contribution in [0.15, 0.2) is 102 Å². The molecule has 0 aliphatic heterocycles. The number of amides is 1. The van der Waals surface area contributed by atoms with Gasteiger partial charge in [-0.1, -0.05) is 113 Å². The maximum absolute atomic E-state index is 13.4. The van der Waals surface area contributed by atoms with E-state index in [4.69, 9.17) is 51.4 Å². The Kier molecular flexibility index (Phi) is 8.48. The lowest BCUT2D eigenvalue weighted by atomic mass is 9.93. The summed E-state index contributed by atoms with van der Waals surface area (Å²) >= 11 is 25.9. The Morgan fingerprint density at radius 1 is 0.657 bits per heavy atom. The number of hydrogen-bond acceptors (Lipinski definition) is 2. The number of carbonyl (C=O) groups excluding carboxylic acids is 1. The minimum atomic E-state index is -0.661. The molecule has 2 unspecified atom stereocenters. The second-order valence-electron chi connectivity index (χ2n) is 7.72. The Morgan fingerprint density at radius 3 is 1.77 bits per heavy atom. The van der Waals surface area contributed by atoms with Crippen LogP contribution in [0, 0.1) is 0 Å². The average Bonchev–Trinajstić information content (AvgIpc) is 2.86. The molecule has 35 heavy (non-hydrogen) atoms. The topological polar surface area (TPSA) is 41.5 Å². The van der Waals surface area contributed by atoms with E-state index in [0.717, 1.165) is 11.1 Å². The molecule has 4 aromatic rings. The molecule has 176 valence electrons. The van der Waals surface area contributed by atoms with Gasteiger partial charge in [-0.25, -0.2) is 0 Å². The molecule has 0 aromatic heterocycles. The summed E-state index contributed by atoms with van der Waals surface area (Å²) in [5, 5.41) is 5.00. The van der Waals surface area contributed by atoms with Gasteiger partial charge in [-0.15, -0.1) is 0 Å².